The summed E-state index contributed by atoms with van der Waals surface area (Å²) in [6.45, 7) is 1.96. The summed E-state index contributed by atoms with van der Waals surface area (Å²) in [7, 11) is 0. The van der Waals surface area contributed by atoms with Gasteiger partial charge in [0.25, 0.3) is 5.69 Å². The highest BCUT2D eigenvalue weighted by Crippen LogP contribution is 2.16. The molecular weight excluding hydrogens is 282 g/mol. The molecule has 2 aromatic rings. The van der Waals surface area contributed by atoms with E-state index >= 15 is 0 Å². The van der Waals surface area contributed by atoms with Gasteiger partial charge in [0, 0.05) is 17.8 Å². The zero-order valence-electron chi connectivity index (χ0n) is 12.2. The fraction of sp³-hybridized carbons (Fsp3) is 0.188. The first kappa shape index (κ1) is 15.5. The molecule has 0 bridgehead atoms. The highest BCUT2D eigenvalue weighted by molar-refractivity contribution is 5.81. The second-order valence-corrected chi connectivity index (χ2v) is 4.86. The summed E-state index contributed by atoms with van der Waals surface area (Å²) in [5.74, 6) is -0.178. The lowest BCUT2D eigenvalue weighted by Gasteiger charge is -2.14. The maximum atomic E-state index is 11.9. The van der Waals surface area contributed by atoms with Gasteiger partial charge >= 0.3 is 0 Å². The quantitative estimate of drug-likeness (QED) is 0.634. The molecule has 6 heteroatoms. The van der Waals surface area contributed by atoms with E-state index in [1.165, 1.54) is 12.1 Å². The largest absolute Gasteiger partial charge is 0.376 e. The molecule has 1 atom stereocenters. The van der Waals surface area contributed by atoms with Crippen LogP contribution in [0.5, 0.6) is 0 Å². The second-order valence-electron chi connectivity index (χ2n) is 4.86. The van der Waals surface area contributed by atoms with Crippen molar-refractivity contribution >= 4 is 17.3 Å². The number of anilines is 1. The molecule has 2 N–H and O–H groups in total. The number of nitrogens with zero attached hydrogens (tertiary/aromatic N) is 1. The Balaban J connectivity index is 1.88. The van der Waals surface area contributed by atoms with Crippen molar-refractivity contribution in [2.75, 3.05) is 11.9 Å². The molecule has 114 valence electrons. The van der Waals surface area contributed by atoms with Crippen LogP contribution < -0.4 is 10.6 Å². The van der Waals surface area contributed by atoms with Crippen LogP contribution in [0.2, 0.25) is 0 Å². The average Bonchev–Trinajstić information content (AvgIpc) is 2.54. The Morgan fingerprint density at radius 3 is 2.59 bits per heavy atom. The standard InChI is InChI=1S/C16H17N3O3/c1-12(13-6-3-2-4-7-13)18-16(20)11-17-14-8-5-9-15(10-14)19(21)22/h2-10,12,17H,11H2,1H3,(H,18,20)/t12-/m0/s1. The van der Waals surface area contributed by atoms with Crippen LogP contribution in [0.1, 0.15) is 18.5 Å². The first-order valence-corrected chi connectivity index (χ1v) is 6.89. The fourth-order valence-electron chi connectivity index (χ4n) is 2.03. The van der Waals surface area contributed by atoms with Gasteiger partial charge in [-0.1, -0.05) is 36.4 Å². The van der Waals surface area contributed by atoms with Gasteiger partial charge < -0.3 is 10.6 Å². The molecule has 6 nitrogen and oxygen atoms in total. The number of nitrogens with one attached hydrogen (secondary N) is 2. The Morgan fingerprint density at radius 2 is 1.91 bits per heavy atom. The minimum atomic E-state index is -0.470. The van der Waals surface area contributed by atoms with Crippen LogP contribution in [0.4, 0.5) is 11.4 Å². The van der Waals surface area contributed by atoms with Crippen molar-refractivity contribution in [1.29, 1.82) is 0 Å². The molecule has 2 aromatic carbocycles. The van der Waals surface area contributed by atoms with Crippen molar-refractivity contribution in [2.45, 2.75) is 13.0 Å². The van der Waals surface area contributed by atoms with Crippen LogP contribution in [0.15, 0.2) is 54.6 Å². The van der Waals surface area contributed by atoms with E-state index < -0.39 is 4.92 Å². The van der Waals surface area contributed by atoms with Gasteiger partial charge in [0.05, 0.1) is 17.5 Å². The van der Waals surface area contributed by atoms with Gasteiger partial charge in [-0.25, -0.2) is 0 Å². The van der Waals surface area contributed by atoms with Crippen LogP contribution in [0, 0.1) is 10.1 Å². The fourth-order valence-corrected chi connectivity index (χ4v) is 2.03. The Hall–Kier alpha value is -2.89. The molecule has 0 saturated heterocycles. The Labute approximate surface area is 128 Å². The van der Waals surface area contributed by atoms with E-state index in [1.54, 1.807) is 12.1 Å². The molecule has 0 aliphatic rings. The first-order valence-electron chi connectivity index (χ1n) is 6.89. The van der Waals surface area contributed by atoms with Gasteiger partial charge in [-0.05, 0) is 18.6 Å². The smallest absolute Gasteiger partial charge is 0.271 e. The molecule has 0 aliphatic carbocycles. The maximum Gasteiger partial charge on any atom is 0.271 e. The molecule has 2 rings (SSSR count). The molecule has 0 unspecified atom stereocenters. The summed E-state index contributed by atoms with van der Waals surface area (Å²) in [5.41, 5.74) is 1.55. The van der Waals surface area contributed by atoms with Crippen molar-refractivity contribution < 1.29 is 9.72 Å². The van der Waals surface area contributed by atoms with Crippen molar-refractivity contribution in [3.63, 3.8) is 0 Å². The number of non-ortho nitro benzene ring substituents is 1. The Kier molecular flexibility index (Phi) is 5.08. The van der Waals surface area contributed by atoms with Gasteiger partial charge in [-0.15, -0.1) is 0 Å². The number of hydrogen-bond donors (Lipinski definition) is 2. The van der Waals surface area contributed by atoms with E-state index in [-0.39, 0.29) is 24.2 Å². The predicted molar refractivity (Wildman–Crippen MR) is 84.6 cm³/mol. The van der Waals surface area contributed by atoms with Crippen LogP contribution in [0.3, 0.4) is 0 Å². The summed E-state index contributed by atoms with van der Waals surface area (Å²) in [5, 5.41) is 16.4. The molecule has 0 aromatic heterocycles. The summed E-state index contributed by atoms with van der Waals surface area (Å²) in [4.78, 5) is 22.1. The molecule has 22 heavy (non-hydrogen) atoms. The Bertz CT molecular complexity index is 659. The molecule has 0 heterocycles. The van der Waals surface area contributed by atoms with E-state index in [4.69, 9.17) is 0 Å². The Morgan fingerprint density at radius 1 is 1.18 bits per heavy atom. The summed E-state index contributed by atoms with van der Waals surface area (Å²) < 4.78 is 0. The molecule has 0 aliphatic heterocycles. The number of nitro groups is 1. The zero-order chi connectivity index (χ0) is 15.9. The lowest BCUT2D eigenvalue weighted by atomic mass is 10.1. The van der Waals surface area contributed by atoms with Crippen molar-refractivity contribution in [3.05, 3.63) is 70.3 Å². The number of amides is 1. The summed E-state index contributed by atoms with van der Waals surface area (Å²) in [6.07, 6.45) is 0. The van der Waals surface area contributed by atoms with E-state index in [2.05, 4.69) is 10.6 Å². The maximum absolute atomic E-state index is 11.9. The SMILES string of the molecule is C[C@H](NC(=O)CNc1cccc([N+](=O)[O-])c1)c1ccccc1. The van der Waals surface area contributed by atoms with Crippen LogP contribution in [0.25, 0.3) is 0 Å². The third-order valence-corrected chi connectivity index (χ3v) is 3.19. The van der Waals surface area contributed by atoms with Gasteiger partial charge in [-0.3, -0.25) is 14.9 Å². The lowest BCUT2D eigenvalue weighted by molar-refractivity contribution is -0.384. The number of nitro benzene ring substituents is 1. The number of rotatable bonds is 6. The zero-order valence-corrected chi connectivity index (χ0v) is 12.2. The topological polar surface area (TPSA) is 84.3 Å². The van der Waals surface area contributed by atoms with E-state index in [0.717, 1.165) is 5.56 Å². The van der Waals surface area contributed by atoms with Gasteiger partial charge in [0.1, 0.15) is 0 Å². The molecule has 0 fully saturated rings. The van der Waals surface area contributed by atoms with Crippen molar-refractivity contribution in [1.82, 2.24) is 5.32 Å². The number of carbonyl (C=O) groups is 1. The van der Waals surface area contributed by atoms with Gasteiger partial charge in [-0.2, -0.15) is 0 Å². The molecule has 0 radical (unpaired) electrons. The number of carbonyl (C=O) groups excluding carboxylic acids is 1. The third kappa shape index (κ3) is 4.31. The van der Waals surface area contributed by atoms with E-state index in [0.29, 0.717) is 5.69 Å². The van der Waals surface area contributed by atoms with Crippen molar-refractivity contribution in [3.8, 4) is 0 Å². The first-order chi connectivity index (χ1) is 10.6. The second kappa shape index (κ2) is 7.21. The minimum absolute atomic E-state index is 0.0111. The summed E-state index contributed by atoms with van der Waals surface area (Å²) >= 11 is 0. The molecule has 0 spiro atoms. The number of hydrogen-bond acceptors (Lipinski definition) is 4. The average molecular weight is 299 g/mol. The van der Waals surface area contributed by atoms with Gasteiger partial charge in [0.15, 0.2) is 0 Å². The highest BCUT2D eigenvalue weighted by atomic mass is 16.6. The lowest BCUT2D eigenvalue weighted by Crippen LogP contribution is -2.32. The molecular formula is C16H17N3O3. The number of benzene rings is 2. The van der Waals surface area contributed by atoms with Gasteiger partial charge in [0.2, 0.25) is 5.91 Å². The van der Waals surface area contributed by atoms with Crippen molar-refractivity contribution in [2.24, 2.45) is 0 Å². The minimum Gasteiger partial charge on any atom is -0.376 e. The van der Waals surface area contributed by atoms with Crippen LogP contribution in [-0.4, -0.2) is 17.4 Å². The predicted octanol–water partition coefficient (Wildman–Crippen LogP) is 2.88. The van der Waals surface area contributed by atoms with E-state index in [1.807, 2.05) is 37.3 Å². The summed E-state index contributed by atoms with van der Waals surface area (Å²) in [6, 6.07) is 15.6. The molecule has 1 amide bonds. The highest BCUT2D eigenvalue weighted by Gasteiger charge is 2.10. The van der Waals surface area contributed by atoms with Crippen LogP contribution in [-0.2, 0) is 4.79 Å². The monoisotopic (exact) mass is 299 g/mol. The van der Waals surface area contributed by atoms with Crippen LogP contribution >= 0.6 is 0 Å². The normalized spacial score (nSPS) is 11.5. The van der Waals surface area contributed by atoms with E-state index in [9.17, 15) is 14.9 Å². The third-order valence-electron chi connectivity index (χ3n) is 3.19. The molecule has 0 saturated carbocycles.